The van der Waals surface area contributed by atoms with Crippen LogP contribution in [0.3, 0.4) is 0 Å². The Morgan fingerprint density at radius 1 is 1.08 bits per heavy atom. The number of amides is 2. The van der Waals surface area contributed by atoms with Gasteiger partial charge in [-0.05, 0) is 49.7 Å². The number of carbonyl (C=O) groups excluding carboxylic acids is 2. The van der Waals surface area contributed by atoms with Crippen molar-refractivity contribution in [1.29, 1.82) is 0 Å². The van der Waals surface area contributed by atoms with E-state index in [-0.39, 0.29) is 18.4 Å². The molecule has 2 aromatic rings. The first-order chi connectivity index (χ1) is 11.4. The number of nitrogens with zero attached hydrogens (tertiary/aromatic N) is 1. The van der Waals surface area contributed by atoms with Gasteiger partial charge in [-0.1, -0.05) is 17.7 Å². The van der Waals surface area contributed by atoms with E-state index in [0.717, 1.165) is 16.8 Å². The highest BCUT2D eigenvalue weighted by Crippen LogP contribution is 2.19. The molecule has 0 aliphatic heterocycles. The van der Waals surface area contributed by atoms with Gasteiger partial charge in [0.1, 0.15) is 5.75 Å². The van der Waals surface area contributed by atoms with Gasteiger partial charge in [-0.3, -0.25) is 9.59 Å². The summed E-state index contributed by atoms with van der Waals surface area (Å²) >= 11 is 0. The lowest BCUT2D eigenvalue weighted by molar-refractivity contribution is -0.118. The molecule has 0 aliphatic rings. The SMILES string of the molecule is CC(=O)N(C)c1ccc(NC(=O)COc2ccc(C)cc2C)cc1. The van der Waals surface area contributed by atoms with Crippen molar-refractivity contribution in [3.05, 3.63) is 53.6 Å². The molecule has 5 nitrogen and oxygen atoms in total. The number of benzene rings is 2. The van der Waals surface area contributed by atoms with Gasteiger partial charge < -0.3 is 15.0 Å². The molecule has 2 amide bonds. The molecule has 0 atom stereocenters. The van der Waals surface area contributed by atoms with Crippen molar-refractivity contribution < 1.29 is 14.3 Å². The van der Waals surface area contributed by atoms with Crippen LogP contribution < -0.4 is 15.0 Å². The molecule has 2 aromatic carbocycles. The summed E-state index contributed by atoms with van der Waals surface area (Å²) in [6, 6.07) is 12.9. The molecule has 0 heterocycles. The molecule has 5 heteroatoms. The average molecular weight is 326 g/mol. The van der Waals surface area contributed by atoms with E-state index in [1.54, 1.807) is 31.3 Å². The maximum atomic E-state index is 12.0. The van der Waals surface area contributed by atoms with E-state index >= 15 is 0 Å². The van der Waals surface area contributed by atoms with Crippen LogP contribution in [0.1, 0.15) is 18.1 Å². The quantitative estimate of drug-likeness (QED) is 0.917. The van der Waals surface area contributed by atoms with Gasteiger partial charge in [0, 0.05) is 25.3 Å². The summed E-state index contributed by atoms with van der Waals surface area (Å²) < 4.78 is 5.55. The van der Waals surface area contributed by atoms with E-state index in [1.165, 1.54) is 11.8 Å². The Kier molecular flexibility index (Phi) is 5.58. The minimum atomic E-state index is -0.234. The average Bonchev–Trinajstić information content (AvgIpc) is 2.54. The van der Waals surface area contributed by atoms with Crippen LogP contribution in [0.25, 0.3) is 0 Å². The Labute approximate surface area is 142 Å². The monoisotopic (exact) mass is 326 g/mol. The van der Waals surface area contributed by atoms with Gasteiger partial charge in [0.05, 0.1) is 0 Å². The van der Waals surface area contributed by atoms with Crippen LogP contribution in [0.4, 0.5) is 11.4 Å². The number of aryl methyl sites for hydroxylation is 2. The molecule has 0 saturated carbocycles. The second kappa shape index (κ2) is 7.64. The van der Waals surface area contributed by atoms with E-state index in [4.69, 9.17) is 4.74 Å². The van der Waals surface area contributed by atoms with E-state index in [9.17, 15) is 9.59 Å². The predicted octanol–water partition coefficient (Wildman–Crippen LogP) is 3.30. The number of carbonyl (C=O) groups is 2. The predicted molar refractivity (Wildman–Crippen MR) is 95.6 cm³/mol. The summed E-state index contributed by atoms with van der Waals surface area (Å²) in [6.45, 7) is 5.40. The summed E-state index contributed by atoms with van der Waals surface area (Å²) in [5.41, 5.74) is 3.58. The maximum Gasteiger partial charge on any atom is 0.262 e. The zero-order valence-corrected chi connectivity index (χ0v) is 14.4. The van der Waals surface area contributed by atoms with Crippen LogP contribution in [0.5, 0.6) is 5.75 Å². The van der Waals surface area contributed by atoms with Gasteiger partial charge >= 0.3 is 0 Å². The highest BCUT2D eigenvalue weighted by Gasteiger charge is 2.08. The fourth-order valence-corrected chi connectivity index (χ4v) is 2.25. The lowest BCUT2D eigenvalue weighted by Gasteiger charge is -2.15. The van der Waals surface area contributed by atoms with Gasteiger partial charge in [0.25, 0.3) is 5.91 Å². The van der Waals surface area contributed by atoms with E-state index in [2.05, 4.69) is 5.32 Å². The van der Waals surface area contributed by atoms with Gasteiger partial charge in [0.15, 0.2) is 6.61 Å². The van der Waals surface area contributed by atoms with E-state index in [0.29, 0.717) is 11.4 Å². The molecule has 0 fully saturated rings. The summed E-state index contributed by atoms with van der Waals surface area (Å²) in [7, 11) is 1.70. The fraction of sp³-hybridized carbons (Fsp3) is 0.263. The first-order valence-electron chi connectivity index (χ1n) is 7.71. The standard InChI is InChI=1S/C19H22N2O3/c1-13-5-10-18(14(2)11-13)24-12-19(23)20-16-6-8-17(9-7-16)21(4)15(3)22/h5-11H,12H2,1-4H3,(H,20,23). The molecule has 0 bridgehead atoms. The van der Waals surface area contributed by atoms with Crippen LogP contribution in [-0.4, -0.2) is 25.5 Å². The number of nitrogens with one attached hydrogen (secondary N) is 1. The zero-order valence-electron chi connectivity index (χ0n) is 14.4. The number of rotatable bonds is 5. The third kappa shape index (κ3) is 4.59. The summed E-state index contributed by atoms with van der Waals surface area (Å²) in [6.07, 6.45) is 0. The minimum Gasteiger partial charge on any atom is -0.483 e. The van der Waals surface area contributed by atoms with Gasteiger partial charge in [0.2, 0.25) is 5.91 Å². The molecule has 2 rings (SSSR count). The molecule has 0 spiro atoms. The second-order valence-corrected chi connectivity index (χ2v) is 5.73. The highest BCUT2D eigenvalue weighted by atomic mass is 16.5. The molecule has 24 heavy (non-hydrogen) atoms. The van der Waals surface area contributed by atoms with E-state index in [1.807, 2.05) is 32.0 Å². The number of ether oxygens (including phenoxy) is 1. The van der Waals surface area contributed by atoms with Crippen LogP contribution in [-0.2, 0) is 9.59 Å². The summed E-state index contributed by atoms with van der Waals surface area (Å²) in [5.74, 6) is 0.422. The molecule has 0 aromatic heterocycles. The molecule has 0 unspecified atom stereocenters. The first kappa shape index (κ1) is 17.5. The zero-order chi connectivity index (χ0) is 17.7. The highest BCUT2D eigenvalue weighted by molar-refractivity contribution is 5.93. The molecule has 1 N–H and O–H groups in total. The van der Waals surface area contributed by atoms with Crippen molar-refractivity contribution in [2.75, 3.05) is 23.9 Å². The molecular formula is C19H22N2O3. The molecule has 0 saturated heterocycles. The Morgan fingerprint density at radius 2 is 1.75 bits per heavy atom. The smallest absolute Gasteiger partial charge is 0.262 e. The normalized spacial score (nSPS) is 10.2. The molecular weight excluding hydrogens is 304 g/mol. The van der Waals surface area contributed by atoms with Crippen LogP contribution in [0.2, 0.25) is 0 Å². The Morgan fingerprint density at radius 3 is 2.33 bits per heavy atom. The van der Waals surface area contributed by atoms with Crippen LogP contribution >= 0.6 is 0 Å². The summed E-state index contributed by atoms with van der Waals surface area (Å²) in [5, 5.41) is 2.77. The van der Waals surface area contributed by atoms with Crippen molar-refractivity contribution >= 4 is 23.2 Å². The van der Waals surface area contributed by atoms with Crippen molar-refractivity contribution in [3.8, 4) is 5.75 Å². The van der Waals surface area contributed by atoms with E-state index < -0.39 is 0 Å². The molecule has 126 valence electrons. The Balaban J connectivity index is 1.91. The van der Waals surface area contributed by atoms with Gasteiger partial charge in [-0.15, -0.1) is 0 Å². The maximum absolute atomic E-state index is 12.0. The number of anilines is 2. The van der Waals surface area contributed by atoms with Gasteiger partial charge in [-0.2, -0.15) is 0 Å². The number of hydrogen-bond donors (Lipinski definition) is 1. The second-order valence-electron chi connectivity index (χ2n) is 5.73. The topological polar surface area (TPSA) is 58.6 Å². The lowest BCUT2D eigenvalue weighted by atomic mass is 10.1. The summed E-state index contributed by atoms with van der Waals surface area (Å²) in [4.78, 5) is 24.8. The largest absolute Gasteiger partial charge is 0.483 e. The Bertz CT molecular complexity index is 739. The fourth-order valence-electron chi connectivity index (χ4n) is 2.25. The van der Waals surface area contributed by atoms with Crippen molar-refractivity contribution in [1.82, 2.24) is 0 Å². The van der Waals surface area contributed by atoms with Crippen molar-refractivity contribution in [3.63, 3.8) is 0 Å². The molecule has 0 aliphatic carbocycles. The van der Waals surface area contributed by atoms with Crippen LogP contribution in [0.15, 0.2) is 42.5 Å². The number of hydrogen-bond acceptors (Lipinski definition) is 3. The lowest BCUT2D eigenvalue weighted by Crippen LogP contribution is -2.23. The van der Waals surface area contributed by atoms with Crippen molar-refractivity contribution in [2.24, 2.45) is 0 Å². The minimum absolute atomic E-state index is 0.0475. The van der Waals surface area contributed by atoms with Gasteiger partial charge in [-0.25, -0.2) is 0 Å². The Hall–Kier alpha value is -2.82. The third-order valence-corrected chi connectivity index (χ3v) is 3.70. The molecule has 0 radical (unpaired) electrons. The third-order valence-electron chi connectivity index (χ3n) is 3.70. The first-order valence-corrected chi connectivity index (χ1v) is 7.71. The van der Waals surface area contributed by atoms with Crippen molar-refractivity contribution in [2.45, 2.75) is 20.8 Å². The van der Waals surface area contributed by atoms with Crippen LogP contribution in [0, 0.1) is 13.8 Å².